The van der Waals surface area contributed by atoms with Gasteiger partial charge in [-0.1, -0.05) is 12.1 Å². The van der Waals surface area contributed by atoms with Crippen LogP contribution in [0.4, 0.5) is 10.5 Å². The van der Waals surface area contributed by atoms with Gasteiger partial charge in [-0.05, 0) is 31.0 Å². The maximum atomic E-state index is 11.1. The van der Waals surface area contributed by atoms with Crippen molar-refractivity contribution in [3.8, 4) is 0 Å². The molecule has 5 nitrogen and oxygen atoms in total. The van der Waals surface area contributed by atoms with Gasteiger partial charge in [0.25, 0.3) is 0 Å². The van der Waals surface area contributed by atoms with Crippen molar-refractivity contribution >= 4 is 17.6 Å². The largest absolute Gasteiger partial charge is 0.376 e. The number of nitrogens with one attached hydrogen (secondary N) is 2. The Morgan fingerprint density at radius 2 is 2.00 bits per heavy atom. The van der Waals surface area contributed by atoms with E-state index in [-0.39, 0.29) is 6.54 Å². The van der Waals surface area contributed by atoms with E-state index in [1.807, 2.05) is 37.4 Å². The van der Waals surface area contributed by atoms with E-state index in [0.29, 0.717) is 0 Å². The molecule has 3 amide bonds. The summed E-state index contributed by atoms with van der Waals surface area (Å²) in [6, 6.07) is 5.05. The van der Waals surface area contributed by atoms with E-state index in [1.165, 1.54) is 0 Å². The van der Waals surface area contributed by atoms with E-state index in [1.54, 1.807) is 0 Å². The monoisotopic (exact) mass is 221 g/mol. The van der Waals surface area contributed by atoms with Crippen LogP contribution in [0, 0.1) is 13.8 Å². The van der Waals surface area contributed by atoms with E-state index in [2.05, 4.69) is 5.32 Å². The Morgan fingerprint density at radius 1 is 1.31 bits per heavy atom. The lowest BCUT2D eigenvalue weighted by Gasteiger charge is -2.09. The highest BCUT2D eigenvalue weighted by molar-refractivity contribution is 5.95. The molecule has 0 atom stereocenters. The summed E-state index contributed by atoms with van der Waals surface area (Å²) in [5.41, 5.74) is 7.83. The van der Waals surface area contributed by atoms with E-state index in [9.17, 15) is 9.59 Å². The first-order valence-electron chi connectivity index (χ1n) is 4.89. The fourth-order valence-electron chi connectivity index (χ4n) is 1.28. The number of anilines is 1. The van der Waals surface area contributed by atoms with Crippen LogP contribution in [0.5, 0.6) is 0 Å². The van der Waals surface area contributed by atoms with E-state index in [4.69, 9.17) is 5.73 Å². The maximum Gasteiger partial charge on any atom is 0.318 e. The second-order valence-corrected chi connectivity index (χ2v) is 3.58. The van der Waals surface area contributed by atoms with Crippen molar-refractivity contribution in [3.05, 3.63) is 29.3 Å². The molecular weight excluding hydrogens is 206 g/mol. The average molecular weight is 221 g/mol. The van der Waals surface area contributed by atoms with Crippen LogP contribution in [0.15, 0.2) is 18.2 Å². The van der Waals surface area contributed by atoms with Crippen LogP contribution in [-0.4, -0.2) is 18.5 Å². The first-order valence-corrected chi connectivity index (χ1v) is 4.89. The molecule has 86 valence electrons. The van der Waals surface area contributed by atoms with E-state index < -0.39 is 11.9 Å². The van der Waals surface area contributed by atoms with Gasteiger partial charge in [0.2, 0.25) is 5.91 Å². The van der Waals surface area contributed by atoms with Crippen molar-refractivity contribution < 1.29 is 9.59 Å². The van der Waals surface area contributed by atoms with Crippen LogP contribution in [-0.2, 0) is 4.79 Å². The summed E-state index contributed by atoms with van der Waals surface area (Å²) in [7, 11) is 0. The summed E-state index contributed by atoms with van der Waals surface area (Å²) in [6.45, 7) is 3.93. The van der Waals surface area contributed by atoms with Crippen LogP contribution in [0.3, 0.4) is 0 Å². The summed E-state index contributed by atoms with van der Waals surface area (Å²) < 4.78 is 0. The summed E-state index contributed by atoms with van der Waals surface area (Å²) in [6.07, 6.45) is 0. The summed E-state index contributed by atoms with van der Waals surface area (Å²) in [4.78, 5) is 21.6. The summed E-state index contributed by atoms with van der Waals surface area (Å²) >= 11 is 0. The Labute approximate surface area is 94.0 Å². The van der Waals surface area contributed by atoms with Gasteiger partial charge in [-0.15, -0.1) is 0 Å². The highest BCUT2D eigenvalue weighted by Gasteiger charge is 2.04. The van der Waals surface area contributed by atoms with Crippen molar-refractivity contribution in [3.63, 3.8) is 0 Å². The molecule has 0 aliphatic carbocycles. The van der Waals surface area contributed by atoms with Crippen LogP contribution < -0.4 is 16.4 Å². The third kappa shape index (κ3) is 3.61. The molecule has 0 saturated carbocycles. The van der Waals surface area contributed by atoms with Gasteiger partial charge in [0.05, 0.1) is 6.54 Å². The Bertz CT molecular complexity index is 416. The number of urea groups is 1. The molecule has 0 bridgehead atoms. The molecule has 0 spiro atoms. The van der Waals surface area contributed by atoms with Crippen molar-refractivity contribution in [2.75, 3.05) is 11.9 Å². The minimum atomic E-state index is -0.840. The van der Waals surface area contributed by atoms with E-state index >= 15 is 0 Å². The second-order valence-electron chi connectivity index (χ2n) is 3.58. The molecule has 16 heavy (non-hydrogen) atoms. The molecule has 0 unspecified atom stereocenters. The van der Waals surface area contributed by atoms with Gasteiger partial charge in [0, 0.05) is 5.69 Å². The Hall–Kier alpha value is -2.04. The Morgan fingerprint density at radius 3 is 2.62 bits per heavy atom. The fourth-order valence-corrected chi connectivity index (χ4v) is 1.28. The molecule has 1 rings (SSSR count). The van der Waals surface area contributed by atoms with E-state index in [0.717, 1.165) is 16.8 Å². The van der Waals surface area contributed by atoms with Gasteiger partial charge in [-0.2, -0.15) is 0 Å². The van der Waals surface area contributed by atoms with Gasteiger partial charge < -0.3 is 11.1 Å². The number of carbonyl (C=O) groups excluding carboxylic acids is 2. The van der Waals surface area contributed by atoms with Crippen molar-refractivity contribution in [2.24, 2.45) is 5.73 Å². The molecule has 0 aliphatic rings. The molecule has 0 saturated heterocycles. The number of rotatable bonds is 3. The fraction of sp³-hybridized carbons (Fsp3) is 0.273. The number of nitrogens with two attached hydrogens (primary N) is 1. The number of benzene rings is 1. The zero-order valence-electron chi connectivity index (χ0n) is 9.33. The predicted molar refractivity (Wildman–Crippen MR) is 62.1 cm³/mol. The second kappa shape index (κ2) is 5.16. The Kier molecular flexibility index (Phi) is 3.88. The maximum absolute atomic E-state index is 11.1. The third-order valence-electron chi connectivity index (χ3n) is 2.10. The quantitative estimate of drug-likeness (QED) is 0.709. The lowest BCUT2D eigenvalue weighted by atomic mass is 10.1. The minimum Gasteiger partial charge on any atom is -0.376 e. The van der Waals surface area contributed by atoms with Gasteiger partial charge in [-0.25, -0.2) is 4.79 Å². The highest BCUT2D eigenvalue weighted by Crippen LogP contribution is 2.15. The standard InChI is InChI=1S/C11H15N3O2/c1-7-3-4-8(2)9(5-7)13-6-10(15)14-11(12)16/h3-5,13H,6H2,1-2H3,(H3,12,14,15,16). The van der Waals surface area contributed by atoms with Gasteiger partial charge in [0.1, 0.15) is 0 Å². The molecule has 0 aromatic heterocycles. The molecule has 0 fully saturated rings. The molecule has 0 radical (unpaired) electrons. The zero-order valence-corrected chi connectivity index (χ0v) is 9.33. The lowest BCUT2D eigenvalue weighted by Crippen LogP contribution is -2.38. The van der Waals surface area contributed by atoms with Crippen LogP contribution in [0.25, 0.3) is 0 Å². The number of primary amides is 1. The van der Waals surface area contributed by atoms with Crippen LogP contribution >= 0.6 is 0 Å². The van der Waals surface area contributed by atoms with Crippen LogP contribution in [0.2, 0.25) is 0 Å². The summed E-state index contributed by atoms with van der Waals surface area (Å²) in [5, 5.41) is 4.92. The number of aryl methyl sites for hydroxylation is 2. The molecular formula is C11H15N3O2. The zero-order chi connectivity index (χ0) is 12.1. The highest BCUT2D eigenvalue weighted by atomic mass is 16.2. The van der Waals surface area contributed by atoms with Crippen molar-refractivity contribution in [1.82, 2.24) is 5.32 Å². The number of imide groups is 1. The molecule has 0 aliphatic heterocycles. The lowest BCUT2D eigenvalue weighted by molar-refractivity contribution is -0.118. The van der Waals surface area contributed by atoms with Crippen LogP contribution in [0.1, 0.15) is 11.1 Å². The number of hydrogen-bond acceptors (Lipinski definition) is 3. The number of hydrogen-bond donors (Lipinski definition) is 3. The number of carbonyl (C=O) groups is 2. The minimum absolute atomic E-state index is 0.0211. The Balaban J connectivity index is 2.57. The summed E-state index contributed by atoms with van der Waals surface area (Å²) in [5.74, 6) is -0.451. The smallest absolute Gasteiger partial charge is 0.318 e. The predicted octanol–water partition coefficient (Wildman–Crippen LogP) is 0.910. The third-order valence-corrected chi connectivity index (χ3v) is 2.10. The SMILES string of the molecule is Cc1ccc(C)c(NCC(=O)NC(N)=O)c1. The van der Waals surface area contributed by atoms with Crippen molar-refractivity contribution in [1.29, 1.82) is 0 Å². The first-order chi connectivity index (χ1) is 7.49. The van der Waals surface area contributed by atoms with Gasteiger partial charge in [-0.3, -0.25) is 10.1 Å². The van der Waals surface area contributed by atoms with Gasteiger partial charge >= 0.3 is 6.03 Å². The average Bonchev–Trinajstić information content (AvgIpc) is 2.18. The number of amides is 3. The van der Waals surface area contributed by atoms with Crippen molar-refractivity contribution in [2.45, 2.75) is 13.8 Å². The molecule has 1 aromatic carbocycles. The molecule has 1 aromatic rings. The first kappa shape index (κ1) is 12.0. The topological polar surface area (TPSA) is 84.2 Å². The molecule has 0 heterocycles. The normalized spacial score (nSPS) is 9.62. The molecule has 5 heteroatoms. The van der Waals surface area contributed by atoms with Gasteiger partial charge in [0.15, 0.2) is 0 Å². The molecule has 4 N–H and O–H groups in total.